The van der Waals surface area contributed by atoms with Gasteiger partial charge in [-0.05, 0) is 31.0 Å². The standard InChI is InChI=1S/C11H13N.C2H6/c1-4-10-7-6-9(3)8-11(10)12-5-2;1-2/h4-8H,1H2,2-3H3;1-2H3. The van der Waals surface area contributed by atoms with Gasteiger partial charge in [-0.2, -0.15) is 0 Å². The van der Waals surface area contributed by atoms with Crippen LogP contribution in [0.3, 0.4) is 0 Å². The zero-order chi connectivity index (χ0) is 11.0. The lowest BCUT2D eigenvalue weighted by Gasteiger charge is -2.00. The predicted octanol–water partition coefficient (Wildman–Crippen LogP) is 4.39. The molecule has 0 aromatic heterocycles. The summed E-state index contributed by atoms with van der Waals surface area (Å²) in [6, 6.07) is 6.15. The number of benzene rings is 1. The van der Waals surface area contributed by atoms with Crippen LogP contribution in [-0.4, -0.2) is 6.21 Å². The molecule has 0 amide bonds. The van der Waals surface area contributed by atoms with Crippen molar-refractivity contribution in [1.82, 2.24) is 0 Å². The van der Waals surface area contributed by atoms with Gasteiger partial charge in [0.2, 0.25) is 0 Å². The highest BCUT2D eigenvalue weighted by molar-refractivity contribution is 5.69. The molecule has 0 aliphatic heterocycles. The van der Waals surface area contributed by atoms with E-state index in [2.05, 4.69) is 30.6 Å². The molecule has 1 rings (SSSR count). The molecule has 0 spiro atoms. The van der Waals surface area contributed by atoms with Gasteiger partial charge in [0, 0.05) is 6.21 Å². The predicted molar refractivity (Wildman–Crippen MR) is 66.4 cm³/mol. The van der Waals surface area contributed by atoms with Crippen molar-refractivity contribution < 1.29 is 0 Å². The smallest absolute Gasteiger partial charge is 0.0700 e. The Kier molecular flexibility index (Phi) is 6.38. The van der Waals surface area contributed by atoms with Crippen LogP contribution in [0.2, 0.25) is 0 Å². The summed E-state index contributed by atoms with van der Waals surface area (Å²) in [7, 11) is 0. The Morgan fingerprint density at radius 2 is 1.93 bits per heavy atom. The SMILES string of the molecule is C=Cc1ccc(C)cc1N=CC.CC. The van der Waals surface area contributed by atoms with Crippen LogP contribution >= 0.6 is 0 Å². The van der Waals surface area contributed by atoms with E-state index in [0.29, 0.717) is 0 Å². The third-order valence-electron chi connectivity index (χ3n) is 1.67. The third-order valence-corrected chi connectivity index (χ3v) is 1.67. The van der Waals surface area contributed by atoms with Crippen molar-refractivity contribution in [2.24, 2.45) is 4.99 Å². The summed E-state index contributed by atoms with van der Waals surface area (Å²) in [6.07, 6.45) is 3.61. The maximum absolute atomic E-state index is 4.24. The average Bonchev–Trinajstić information content (AvgIpc) is 2.22. The van der Waals surface area contributed by atoms with Crippen LogP contribution in [0.25, 0.3) is 6.08 Å². The van der Waals surface area contributed by atoms with E-state index in [9.17, 15) is 0 Å². The van der Waals surface area contributed by atoms with Gasteiger partial charge in [-0.1, -0.05) is 38.6 Å². The van der Waals surface area contributed by atoms with Gasteiger partial charge in [-0.15, -0.1) is 0 Å². The molecule has 0 saturated carbocycles. The zero-order valence-corrected chi connectivity index (χ0v) is 9.54. The summed E-state index contributed by atoms with van der Waals surface area (Å²) < 4.78 is 0. The first-order chi connectivity index (χ1) is 6.77. The van der Waals surface area contributed by atoms with Crippen molar-refractivity contribution in [3.63, 3.8) is 0 Å². The zero-order valence-electron chi connectivity index (χ0n) is 9.54. The van der Waals surface area contributed by atoms with Crippen LogP contribution in [0.5, 0.6) is 0 Å². The monoisotopic (exact) mass is 189 g/mol. The van der Waals surface area contributed by atoms with Gasteiger partial charge in [-0.3, -0.25) is 4.99 Å². The fourth-order valence-electron chi connectivity index (χ4n) is 1.08. The lowest BCUT2D eigenvalue weighted by atomic mass is 10.1. The Balaban J connectivity index is 0.000000791. The van der Waals surface area contributed by atoms with E-state index >= 15 is 0 Å². The van der Waals surface area contributed by atoms with Crippen LogP contribution in [0.1, 0.15) is 31.9 Å². The summed E-state index contributed by atoms with van der Waals surface area (Å²) in [5.74, 6) is 0. The maximum Gasteiger partial charge on any atom is 0.0700 e. The molecule has 76 valence electrons. The fraction of sp³-hybridized carbons (Fsp3) is 0.308. The van der Waals surface area contributed by atoms with Crippen molar-refractivity contribution in [1.29, 1.82) is 0 Å². The molecule has 0 bridgehead atoms. The van der Waals surface area contributed by atoms with Crippen molar-refractivity contribution in [3.05, 3.63) is 35.9 Å². The van der Waals surface area contributed by atoms with Crippen molar-refractivity contribution in [2.45, 2.75) is 27.7 Å². The molecule has 0 unspecified atom stereocenters. The Bertz CT molecular complexity index is 311. The molecular weight excluding hydrogens is 170 g/mol. The molecule has 0 heterocycles. The van der Waals surface area contributed by atoms with Gasteiger partial charge >= 0.3 is 0 Å². The summed E-state index contributed by atoms with van der Waals surface area (Å²) in [5.41, 5.74) is 3.30. The number of rotatable bonds is 2. The van der Waals surface area contributed by atoms with E-state index in [1.165, 1.54) is 5.56 Å². The van der Waals surface area contributed by atoms with Crippen LogP contribution in [0.4, 0.5) is 5.69 Å². The molecule has 0 N–H and O–H groups in total. The molecule has 0 atom stereocenters. The number of nitrogens with zero attached hydrogens (tertiary/aromatic N) is 1. The Hall–Kier alpha value is -1.37. The van der Waals surface area contributed by atoms with Gasteiger partial charge in [0.25, 0.3) is 0 Å². The van der Waals surface area contributed by atoms with Crippen molar-refractivity contribution in [2.75, 3.05) is 0 Å². The molecule has 0 aliphatic carbocycles. The molecular formula is C13H19N. The Labute approximate surface area is 87.2 Å². The molecule has 1 aromatic carbocycles. The van der Waals surface area contributed by atoms with Gasteiger partial charge in [-0.25, -0.2) is 0 Å². The molecule has 0 fully saturated rings. The van der Waals surface area contributed by atoms with Gasteiger partial charge < -0.3 is 0 Å². The molecule has 14 heavy (non-hydrogen) atoms. The molecule has 1 heteroatoms. The molecule has 0 saturated heterocycles. The summed E-state index contributed by atoms with van der Waals surface area (Å²) in [6.45, 7) is 11.7. The normalized spacial score (nSPS) is 9.43. The first-order valence-electron chi connectivity index (χ1n) is 4.99. The molecule has 0 radical (unpaired) electrons. The highest BCUT2D eigenvalue weighted by Crippen LogP contribution is 2.21. The first-order valence-corrected chi connectivity index (χ1v) is 4.99. The third kappa shape index (κ3) is 3.56. The van der Waals surface area contributed by atoms with E-state index in [-0.39, 0.29) is 0 Å². The number of aliphatic imine (C=N–C) groups is 1. The highest BCUT2D eigenvalue weighted by Gasteiger charge is 1.95. The minimum Gasteiger partial charge on any atom is -0.261 e. The first kappa shape index (κ1) is 12.6. The van der Waals surface area contributed by atoms with Crippen LogP contribution in [-0.2, 0) is 0 Å². The minimum atomic E-state index is 0.993. The second kappa shape index (κ2) is 7.07. The highest BCUT2D eigenvalue weighted by atomic mass is 14.7. The topological polar surface area (TPSA) is 12.4 Å². The second-order valence-corrected chi connectivity index (χ2v) is 2.65. The lowest BCUT2D eigenvalue weighted by molar-refractivity contribution is 1.42. The molecule has 1 nitrogen and oxygen atoms in total. The summed E-state index contributed by atoms with van der Waals surface area (Å²) in [4.78, 5) is 4.24. The number of aryl methyl sites for hydroxylation is 1. The maximum atomic E-state index is 4.24. The fourth-order valence-corrected chi connectivity index (χ4v) is 1.08. The van der Waals surface area contributed by atoms with E-state index in [1.54, 1.807) is 6.21 Å². The Morgan fingerprint density at radius 3 is 2.43 bits per heavy atom. The minimum absolute atomic E-state index is 0.993. The van der Waals surface area contributed by atoms with Crippen molar-refractivity contribution >= 4 is 18.0 Å². The van der Waals surface area contributed by atoms with E-state index in [0.717, 1.165) is 11.3 Å². The van der Waals surface area contributed by atoms with Crippen molar-refractivity contribution in [3.8, 4) is 0 Å². The quantitative estimate of drug-likeness (QED) is 0.612. The van der Waals surface area contributed by atoms with Crippen LogP contribution in [0, 0.1) is 6.92 Å². The second-order valence-electron chi connectivity index (χ2n) is 2.65. The Morgan fingerprint density at radius 1 is 1.29 bits per heavy atom. The van der Waals surface area contributed by atoms with Gasteiger partial charge in [0.05, 0.1) is 5.69 Å². The molecule has 0 aliphatic rings. The lowest BCUT2D eigenvalue weighted by Crippen LogP contribution is -1.77. The van der Waals surface area contributed by atoms with Crippen LogP contribution < -0.4 is 0 Å². The average molecular weight is 189 g/mol. The van der Waals surface area contributed by atoms with Crippen LogP contribution in [0.15, 0.2) is 29.8 Å². The number of hydrogen-bond acceptors (Lipinski definition) is 1. The van der Waals surface area contributed by atoms with E-state index < -0.39 is 0 Å². The summed E-state index contributed by atoms with van der Waals surface area (Å²) >= 11 is 0. The summed E-state index contributed by atoms with van der Waals surface area (Å²) in [5, 5.41) is 0. The molecule has 1 aromatic rings. The van der Waals surface area contributed by atoms with E-state index in [1.807, 2.05) is 32.9 Å². The van der Waals surface area contributed by atoms with Gasteiger partial charge in [0.1, 0.15) is 0 Å². The van der Waals surface area contributed by atoms with E-state index in [4.69, 9.17) is 0 Å². The largest absolute Gasteiger partial charge is 0.261 e. The van der Waals surface area contributed by atoms with Gasteiger partial charge in [0.15, 0.2) is 0 Å². The number of hydrogen-bond donors (Lipinski definition) is 0.